The van der Waals surface area contributed by atoms with Crippen LogP contribution in [0.4, 0.5) is 0 Å². The molecule has 140 valence electrons. The number of aryl methyl sites for hydroxylation is 1. The average molecular weight is 363 g/mol. The van der Waals surface area contributed by atoms with Crippen molar-refractivity contribution in [2.45, 2.75) is 32.6 Å². The Morgan fingerprint density at radius 2 is 1.70 bits per heavy atom. The van der Waals surface area contributed by atoms with Crippen LogP contribution in [0.5, 0.6) is 0 Å². The third kappa shape index (κ3) is 5.51. The molecular weight excluding hydrogens is 338 g/mol. The van der Waals surface area contributed by atoms with Crippen LogP contribution in [-0.2, 0) is 11.2 Å². The highest BCUT2D eigenvalue weighted by Crippen LogP contribution is 2.26. The number of nitrogens with one attached hydrogen (secondary N) is 1. The van der Waals surface area contributed by atoms with Crippen LogP contribution in [0.25, 0.3) is 0 Å². The van der Waals surface area contributed by atoms with Gasteiger partial charge in [-0.1, -0.05) is 67.6 Å². The van der Waals surface area contributed by atoms with E-state index in [0.29, 0.717) is 24.2 Å². The van der Waals surface area contributed by atoms with Gasteiger partial charge in [0, 0.05) is 19.9 Å². The van der Waals surface area contributed by atoms with Gasteiger partial charge < -0.3 is 9.73 Å². The van der Waals surface area contributed by atoms with Gasteiger partial charge in [0.25, 0.3) is 0 Å². The van der Waals surface area contributed by atoms with E-state index >= 15 is 0 Å². The molecule has 1 aromatic heterocycles. The third-order valence-corrected chi connectivity index (χ3v) is 4.51. The Labute approximate surface area is 159 Å². The third-order valence-electron chi connectivity index (χ3n) is 4.51. The first-order valence-electron chi connectivity index (χ1n) is 9.27. The van der Waals surface area contributed by atoms with Gasteiger partial charge in [0.1, 0.15) is 0 Å². The Bertz CT molecular complexity index is 846. The number of rotatable bonds is 8. The van der Waals surface area contributed by atoms with E-state index in [-0.39, 0.29) is 18.2 Å². The van der Waals surface area contributed by atoms with Gasteiger partial charge in [0.2, 0.25) is 17.7 Å². The molecular formula is C22H25N3O2. The molecule has 1 N–H and O–H groups in total. The van der Waals surface area contributed by atoms with Gasteiger partial charge in [-0.2, -0.15) is 0 Å². The Morgan fingerprint density at radius 1 is 1.04 bits per heavy atom. The molecule has 0 aliphatic rings. The molecule has 0 radical (unpaired) electrons. The highest BCUT2D eigenvalue weighted by molar-refractivity contribution is 5.77. The fourth-order valence-corrected chi connectivity index (χ4v) is 3.12. The zero-order chi connectivity index (χ0) is 19.1. The van der Waals surface area contributed by atoms with Gasteiger partial charge >= 0.3 is 0 Å². The largest absolute Gasteiger partial charge is 0.425 e. The van der Waals surface area contributed by atoms with E-state index in [2.05, 4.69) is 34.6 Å². The van der Waals surface area contributed by atoms with Crippen molar-refractivity contribution in [3.8, 4) is 0 Å². The molecule has 1 heterocycles. The first-order valence-corrected chi connectivity index (χ1v) is 9.27. The minimum Gasteiger partial charge on any atom is -0.425 e. The summed E-state index contributed by atoms with van der Waals surface area (Å²) in [4.78, 5) is 12.6. The first-order chi connectivity index (χ1) is 13.1. The van der Waals surface area contributed by atoms with E-state index in [4.69, 9.17) is 4.42 Å². The lowest BCUT2D eigenvalue weighted by atomic mass is 9.95. The second kappa shape index (κ2) is 9.12. The second-order valence-corrected chi connectivity index (χ2v) is 6.93. The van der Waals surface area contributed by atoms with Crippen molar-refractivity contribution in [3.63, 3.8) is 0 Å². The first kappa shape index (κ1) is 18.8. The molecule has 0 aliphatic carbocycles. The molecule has 27 heavy (non-hydrogen) atoms. The summed E-state index contributed by atoms with van der Waals surface area (Å²) in [5.41, 5.74) is 2.27. The molecule has 1 amide bonds. The molecule has 0 aliphatic heterocycles. The standard InChI is InChI=1S/C22H25N3O2/c1-16(13-18-9-5-3-6-10-18)15-23-21(26)14-20(19-11-7-4-8-12-19)22-25-24-17(2)27-22/h3-12,16,20H,13-15H2,1-2H3,(H,23,26). The van der Waals surface area contributed by atoms with Crippen LogP contribution in [0.3, 0.4) is 0 Å². The van der Waals surface area contributed by atoms with Crippen LogP contribution in [0, 0.1) is 12.8 Å². The Morgan fingerprint density at radius 3 is 2.33 bits per heavy atom. The summed E-state index contributed by atoms with van der Waals surface area (Å²) in [6, 6.07) is 20.1. The summed E-state index contributed by atoms with van der Waals surface area (Å²) in [6.45, 7) is 4.53. The van der Waals surface area contributed by atoms with Crippen molar-refractivity contribution < 1.29 is 9.21 Å². The van der Waals surface area contributed by atoms with Crippen molar-refractivity contribution in [2.24, 2.45) is 5.92 Å². The predicted molar refractivity (Wildman–Crippen MR) is 104 cm³/mol. The highest BCUT2D eigenvalue weighted by Gasteiger charge is 2.23. The zero-order valence-electron chi connectivity index (χ0n) is 15.8. The molecule has 0 saturated carbocycles. The van der Waals surface area contributed by atoms with E-state index in [1.54, 1.807) is 6.92 Å². The Kier molecular flexibility index (Phi) is 6.36. The molecule has 0 spiro atoms. The van der Waals surface area contributed by atoms with Crippen LogP contribution in [0.2, 0.25) is 0 Å². The van der Waals surface area contributed by atoms with Crippen LogP contribution < -0.4 is 5.32 Å². The maximum absolute atomic E-state index is 12.6. The van der Waals surface area contributed by atoms with Crippen molar-refractivity contribution in [3.05, 3.63) is 83.6 Å². The number of benzene rings is 2. The molecule has 0 fully saturated rings. The predicted octanol–water partition coefficient (Wildman–Crippen LogP) is 3.90. The Balaban J connectivity index is 1.59. The van der Waals surface area contributed by atoms with Gasteiger partial charge in [-0.25, -0.2) is 0 Å². The smallest absolute Gasteiger partial charge is 0.224 e. The molecule has 3 aromatic rings. The van der Waals surface area contributed by atoms with Crippen molar-refractivity contribution in [1.29, 1.82) is 0 Å². The summed E-state index contributed by atoms with van der Waals surface area (Å²) in [7, 11) is 0. The fourth-order valence-electron chi connectivity index (χ4n) is 3.12. The minimum atomic E-state index is -0.239. The molecule has 2 unspecified atom stereocenters. The molecule has 5 nitrogen and oxygen atoms in total. The molecule has 2 atom stereocenters. The van der Waals surface area contributed by atoms with Crippen LogP contribution in [0.1, 0.15) is 42.2 Å². The van der Waals surface area contributed by atoms with Crippen molar-refractivity contribution in [2.75, 3.05) is 6.54 Å². The normalized spacial score (nSPS) is 13.1. The average Bonchev–Trinajstić information content (AvgIpc) is 3.12. The fraction of sp³-hybridized carbons (Fsp3) is 0.318. The van der Waals surface area contributed by atoms with Gasteiger partial charge in [-0.15, -0.1) is 10.2 Å². The maximum atomic E-state index is 12.6. The lowest BCUT2D eigenvalue weighted by Gasteiger charge is -2.16. The number of aromatic nitrogens is 2. The quantitative estimate of drug-likeness (QED) is 0.659. The zero-order valence-corrected chi connectivity index (χ0v) is 15.8. The summed E-state index contributed by atoms with van der Waals surface area (Å²) < 4.78 is 5.60. The molecule has 0 saturated heterocycles. The van der Waals surface area contributed by atoms with Crippen LogP contribution in [0.15, 0.2) is 65.1 Å². The number of hydrogen-bond acceptors (Lipinski definition) is 4. The van der Waals surface area contributed by atoms with Crippen molar-refractivity contribution in [1.82, 2.24) is 15.5 Å². The lowest BCUT2D eigenvalue weighted by Crippen LogP contribution is -2.30. The monoisotopic (exact) mass is 363 g/mol. The number of amides is 1. The highest BCUT2D eigenvalue weighted by atomic mass is 16.4. The van der Waals surface area contributed by atoms with Crippen molar-refractivity contribution >= 4 is 5.91 Å². The SMILES string of the molecule is Cc1nnc(C(CC(=O)NCC(C)Cc2ccccc2)c2ccccc2)o1. The van der Waals surface area contributed by atoms with E-state index in [1.165, 1.54) is 5.56 Å². The number of hydrogen-bond donors (Lipinski definition) is 1. The molecule has 0 bridgehead atoms. The van der Waals surface area contributed by atoms with Gasteiger partial charge in [-0.05, 0) is 23.5 Å². The van der Waals surface area contributed by atoms with Gasteiger partial charge in [-0.3, -0.25) is 4.79 Å². The van der Waals surface area contributed by atoms with Gasteiger partial charge in [0.15, 0.2) is 0 Å². The Hall–Kier alpha value is -2.95. The van der Waals surface area contributed by atoms with Gasteiger partial charge in [0.05, 0.1) is 5.92 Å². The summed E-state index contributed by atoms with van der Waals surface area (Å²) in [6.07, 6.45) is 1.22. The lowest BCUT2D eigenvalue weighted by molar-refractivity contribution is -0.121. The summed E-state index contributed by atoms with van der Waals surface area (Å²) >= 11 is 0. The minimum absolute atomic E-state index is 0.0142. The topological polar surface area (TPSA) is 68.0 Å². The molecule has 2 aromatic carbocycles. The van der Waals surface area contributed by atoms with E-state index in [1.807, 2.05) is 48.5 Å². The maximum Gasteiger partial charge on any atom is 0.224 e. The number of carbonyl (C=O) groups is 1. The summed E-state index contributed by atoms with van der Waals surface area (Å²) in [5.74, 6) is 1.09. The number of carbonyl (C=O) groups excluding carboxylic acids is 1. The van der Waals surface area contributed by atoms with E-state index < -0.39 is 0 Å². The van der Waals surface area contributed by atoms with Crippen LogP contribution >= 0.6 is 0 Å². The van der Waals surface area contributed by atoms with E-state index in [0.717, 1.165) is 12.0 Å². The molecule has 5 heteroatoms. The van der Waals surface area contributed by atoms with Crippen LogP contribution in [-0.4, -0.2) is 22.6 Å². The summed E-state index contributed by atoms with van der Waals surface area (Å²) in [5, 5.41) is 11.1. The second-order valence-electron chi connectivity index (χ2n) is 6.93. The molecule has 3 rings (SSSR count). The number of nitrogens with zero attached hydrogens (tertiary/aromatic N) is 2. The van der Waals surface area contributed by atoms with E-state index in [9.17, 15) is 4.79 Å².